The van der Waals surface area contributed by atoms with Gasteiger partial charge in [0.1, 0.15) is 23.5 Å². The minimum absolute atomic E-state index is 0.211. The maximum absolute atomic E-state index is 13.9. The van der Waals surface area contributed by atoms with Gasteiger partial charge in [-0.05, 0) is 6.92 Å². The van der Waals surface area contributed by atoms with Crippen molar-refractivity contribution in [3.63, 3.8) is 0 Å². The first-order chi connectivity index (χ1) is 8.80. The Kier molecular flexibility index (Phi) is 3.58. The lowest BCUT2D eigenvalue weighted by Crippen LogP contribution is -2.42. The number of alkyl halides is 1. The van der Waals surface area contributed by atoms with Crippen molar-refractivity contribution in [2.24, 2.45) is 0 Å². The van der Waals surface area contributed by atoms with E-state index in [4.69, 9.17) is 22.1 Å². The van der Waals surface area contributed by atoms with Crippen molar-refractivity contribution in [3.8, 4) is 0 Å². The van der Waals surface area contributed by atoms with Crippen LogP contribution in [0.15, 0.2) is 11.0 Å². The number of H-pyrrole nitrogens is 1. The number of rotatable bonds is 2. The van der Waals surface area contributed by atoms with Crippen molar-refractivity contribution in [1.29, 1.82) is 0 Å². The number of halogens is 1. The zero-order chi connectivity index (χ0) is 14.4. The maximum Gasteiger partial charge on any atom is 0.328 e. The lowest BCUT2D eigenvalue weighted by Gasteiger charge is -2.20. The Morgan fingerprint density at radius 1 is 1.63 bits per heavy atom. The lowest BCUT2D eigenvalue weighted by atomic mass is 10.1. The van der Waals surface area contributed by atoms with Gasteiger partial charge in [-0.3, -0.25) is 9.55 Å². The molecule has 0 unspecified atom stereocenters. The minimum atomic E-state index is -2.82. The van der Waals surface area contributed by atoms with E-state index in [0.29, 0.717) is 5.56 Å². The number of nitrogens with zero attached hydrogens (tertiary/aromatic N) is 1. The van der Waals surface area contributed by atoms with Crippen LogP contribution < -0.4 is 5.69 Å². The maximum atomic E-state index is 13.9. The number of hydrogen-bond acceptors (Lipinski definition) is 6. The Balaban J connectivity index is 2.47. The third-order valence-corrected chi connectivity index (χ3v) is 3.43. The number of nitrogens with one attached hydrogen (secondary N) is 1. The summed E-state index contributed by atoms with van der Waals surface area (Å²) in [5.74, 6) is -2.82. The second-order valence-electron chi connectivity index (χ2n) is 4.37. The van der Waals surface area contributed by atoms with Crippen LogP contribution in [0.5, 0.6) is 0 Å². The molecular weight excluding hydrogens is 279 g/mol. The number of aliphatic hydroxyl groups is 3. The molecule has 0 radical (unpaired) electrons. The smallest absolute Gasteiger partial charge is 0.328 e. The van der Waals surface area contributed by atoms with E-state index < -0.39 is 36.6 Å². The molecule has 1 aliphatic heterocycles. The first-order valence-electron chi connectivity index (χ1n) is 5.46. The quantitative estimate of drug-likeness (QED) is 0.527. The summed E-state index contributed by atoms with van der Waals surface area (Å²) in [6.45, 7) is 0.472. The predicted octanol–water partition coefficient (Wildman–Crippen LogP) is -0.877. The van der Waals surface area contributed by atoms with E-state index >= 15 is 0 Å². The minimum Gasteiger partial charge on any atom is -0.390 e. The van der Waals surface area contributed by atoms with Crippen LogP contribution in [-0.2, 0) is 4.74 Å². The number of aromatic amines is 1. The molecule has 0 aliphatic carbocycles. The zero-order valence-corrected chi connectivity index (χ0v) is 10.7. The average molecular weight is 292 g/mol. The van der Waals surface area contributed by atoms with Crippen molar-refractivity contribution in [1.82, 2.24) is 9.55 Å². The molecule has 0 aromatic carbocycles. The Bertz CT molecular complexity index is 602. The van der Waals surface area contributed by atoms with Crippen molar-refractivity contribution in [2.75, 3.05) is 6.61 Å². The number of hydrogen-bond donors (Lipinski definition) is 4. The van der Waals surface area contributed by atoms with Gasteiger partial charge in [-0.2, -0.15) is 0 Å². The molecule has 9 heteroatoms. The summed E-state index contributed by atoms with van der Waals surface area (Å²) in [4.78, 5) is 14.0. The molecule has 0 amide bonds. The van der Waals surface area contributed by atoms with E-state index in [2.05, 4.69) is 4.98 Å². The fraction of sp³-hybridized carbons (Fsp3) is 0.600. The Hall–Kier alpha value is -1.13. The first kappa shape index (κ1) is 14.3. The van der Waals surface area contributed by atoms with Crippen molar-refractivity contribution in [2.45, 2.75) is 31.2 Å². The molecule has 2 heterocycles. The highest BCUT2D eigenvalue weighted by atomic mass is 32.1. The van der Waals surface area contributed by atoms with Gasteiger partial charge in [-0.15, -0.1) is 0 Å². The zero-order valence-electron chi connectivity index (χ0n) is 9.91. The van der Waals surface area contributed by atoms with Crippen LogP contribution in [-0.4, -0.2) is 49.5 Å². The molecular formula is C10H13FN2O5S. The largest absolute Gasteiger partial charge is 0.390 e. The highest BCUT2D eigenvalue weighted by molar-refractivity contribution is 7.71. The monoisotopic (exact) mass is 292 g/mol. The summed E-state index contributed by atoms with van der Waals surface area (Å²) in [5.41, 5.74) is -0.200. The fourth-order valence-electron chi connectivity index (χ4n) is 1.88. The van der Waals surface area contributed by atoms with E-state index in [0.717, 1.165) is 4.57 Å². The van der Waals surface area contributed by atoms with Crippen LogP contribution in [0.1, 0.15) is 11.8 Å². The SMILES string of the molecule is Cc1cn([C@@H]2O[C@](F)(CO)[C@@H](O)[C@H]2O)c(=O)[nH]c1=S. The third kappa shape index (κ3) is 2.23. The standard InChI is InChI=1S/C10H13FN2O5S/c1-4-2-13(9(17)12-7(4)19)8-5(15)6(16)10(11,3-14)18-8/h2,5-6,8,14-16H,3H2,1H3,(H,12,17,19)/t5-,6+,8-,10-/m1/s1. The van der Waals surface area contributed by atoms with Gasteiger partial charge in [0.2, 0.25) is 0 Å². The summed E-state index contributed by atoms with van der Waals surface area (Å²) in [6.07, 6.45) is -3.83. The second kappa shape index (κ2) is 4.76. The van der Waals surface area contributed by atoms with Crippen molar-refractivity contribution in [3.05, 3.63) is 26.9 Å². The summed E-state index contributed by atoms with van der Waals surface area (Å²) >= 11 is 4.86. The Labute approximate surface area is 111 Å². The molecule has 0 bridgehead atoms. The highest BCUT2D eigenvalue weighted by Gasteiger charge is 2.55. The van der Waals surface area contributed by atoms with E-state index in [1.54, 1.807) is 6.92 Å². The molecule has 106 valence electrons. The van der Waals surface area contributed by atoms with Gasteiger partial charge in [-0.1, -0.05) is 12.2 Å². The number of ether oxygens (including phenoxy) is 1. The van der Waals surface area contributed by atoms with Gasteiger partial charge in [0.15, 0.2) is 6.23 Å². The van der Waals surface area contributed by atoms with E-state index in [1.165, 1.54) is 6.20 Å². The molecule has 1 aliphatic rings. The number of aromatic nitrogens is 2. The van der Waals surface area contributed by atoms with Gasteiger partial charge >= 0.3 is 5.69 Å². The summed E-state index contributed by atoms with van der Waals surface area (Å²) < 4.78 is 19.8. The van der Waals surface area contributed by atoms with Gasteiger partial charge in [-0.25, -0.2) is 9.18 Å². The fourth-order valence-corrected chi connectivity index (χ4v) is 2.02. The molecule has 1 aromatic heterocycles. The summed E-state index contributed by atoms with van der Waals surface area (Å²) in [7, 11) is 0. The second-order valence-corrected chi connectivity index (χ2v) is 4.78. The number of aliphatic hydroxyl groups excluding tert-OH is 3. The van der Waals surface area contributed by atoms with Crippen LogP contribution in [0.25, 0.3) is 0 Å². The van der Waals surface area contributed by atoms with E-state index in [9.17, 15) is 19.4 Å². The highest BCUT2D eigenvalue weighted by Crippen LogP contribution is 2.37. The average Bonchev–Trinajstić information content (AvgIpc) is 2.59. The molecule has 1 aromatic rings. The number of aryl methyl sites for hydroxylation is 1. The molecule has 4 N–H and O–H groups in total. The van der Waals surface area contributed by atoms with Crippen molar-refractivity contribution < 1.29 is 24.4 Å². The van der Waals surface area contributed by atoms with Gasteiger partial charge in [0.25, 0.3) is 5.85 Å². The molecule has 19 heavy (non-hydrogen) atoms. The normalized spacial score (nSPS) is 34.7. The van der Waals surface area contributed by atoms with Crippen LogP contribution in [0.2, 0.25) is 0 Å². The van der Waals surface area contributed by atoms with Crippen LogP contribution >= 0.6 is 12.2 Å². The van der Waals surface area contributed by atoms with Gasteiger partial charge in [0.05, 0.1) is 0 Å². The molecule has 2 rings (SSSR count). The first-order valence-corrected chi connectivity index (χ1v) is 5.87. The molecule has 4 atom stereocenters. The molecule has 7 nitrogen and oxygen atoms in total. The Morgan fingerprint density at radius 3 is 2.79 bits per heavy atom. The summed E-state index contributed by atoms with van der Waals surface area (Å²) in [5, 5.41) is 28.1. The lowest BCUT2D eigenvalue weighted by molar-refractivity contribution is -0.207. The van der Waals surface area contributed by atoms with Crippen molar-refractivity contribution >= 4 is 12.2 Å². The molecule has 0 spiro atoms. The molecule has 1 fully saturated rings. The van der Waals surface area contributed by atoms with E-state index in [1.807, 2.05) is 0 Å². The molecule has 0 saturated carbocycles. The van der Waals surface area contributed by atoms with Gasteiger partial charge < -0.3 is 20.1 Å². The predicted molar refractivity (Wildman–Crippen MR) is 63.7 cm³/mol. The molecule has 1 saturated heterocycles. The van der Waals surface area contributed by atoms with Gasteiger partial charge in [0, 0.05) is 11.8 Å². The Morgan fingerprint density at radius 2 is 2.26 bits per heavy atom. The van der Waals surface area contributed by atoms with Crippen LogP contribution in [0.3, 0.4) is 0 Å². The summed E-state index contributed by atoms with van der Waals surface area (Å²) in [6, 6.07) is 0. The van der Waals surface area contributed by atoms with E-state index in [-0.39, 0.29) is 4.64 Å². The van der Waals surface area contributed by atoms with Crippen LogP contribution in [0.4, 0.5) is 4.39 Å². The topological polar surface area (TPSA) is 108 Å². The third-order valence-electron chi connectivity index (χ3n) is 3.01. The van der Waals surface area contributed by atoms with Crippen LogP contribution in [0, 0.1) is 11.6 Å².